The molecular formula is C19H22ClFN2O3. The number of aliphatic carboxylic acids is 1. The summed E-state index contributed by atoms with van der Waals surface area (Å²) in [6.07, 6.45) is 5.55. The molecule has 7 heteroatoms. The summed E-state index contributed by atoms with van der Waals surface area (Å²) in [6, 6.07) is 3.41. The van der Waals surface area contributed by atoms with Gasteiger partial charge >= 0.3 is 5.97 Å². The maximum absolute atomic E-state index is 14.0. The fourth-order valence-corrected chi connectivity index (χ4v) is 4.57. The second kappa shape index (κ2) is 6.72. The minimum absolute atomic E-state index is 0.0238. The average Bonchev–Trinajstić information content (AvgIpc) is 3.31. The number of halogens is 2. The number of carboxylic acids is 1. The molecule has 4 rings (SSSR count). The monoisotopic (exact) mass is 380 g/mol. The Labute approximate surface area is 156 Å². The van der Waals surface area contributed by atoms with E-state index in [9.17, 15) is 14.0 Å². The number of carbonyl (C=O) groups is 2. The summed E-state index contributed by atoms with van der Waals surface area (Å²) < 4.78 is 14.0. The van der Waals surface area contributed by atoms with E-state index in [4.69, 9.17) is 16.7 Å². The Morgan fingerprint density at radius 3 is 2.69 bits per heavy atom. The molecule has 1 aromatic carbocycles. The minimum atomic E-state index is -0.975. The van der Waals surface area contributed by atoms with E-state index in [2.05, 4.69) is 0 Å². The van der Waals surface area contributed by atoms with Gasteiger partial charge in [-0.25, -0.2) is 4.39 Å². The van der Waals surface area contributed by atoms with Crippen LogP contribution in [0.2, 0.25) is 5.02 Å². The number of benzene rings is 1. The highest BCUT2D eigenvalue weighted by Crippen LogP contribution is 2.46. The van der Waals surface area contributed by atoms with Gasteiger partial charge in [-0.05, 0) is 55.7 Å². The summed E-state index contributed by atoms with van der Waals surface area (Å²) in [6.45, 7) is 0. The van der Waals surface area contributed by atoms with Gasteiger partial charge < -0.3 is 5.11 Å². The van der Waals surface area contributed by atoms with E-state index in [1.807, 2.05) is 5.01 Å². The molecule has 3 aliphatic rings. The smallest absolute Gasteiger partial charge is 0.303 e. The quantitative estimate of drug-likeness (QED) is 0.844. The molecule has 1 heterocycles. The molecule has 1 aromatic rings. The Bertz CT molecular complexity index is 753. The van der Waals surface area contributed by atoms with E-state index >= 15 is 0 Å². The van der Waals surface area contributed by atoms with Gasteiger partial charge in [-0.1, -0.05) is 18.0 Å². The Kier molecular flexibility index (Phi) is 4.55. The zero-order valence-electron chi connectivity index (χ0n) is 14.5. The molecule has 26 heavy (non-hydrogen) atoms. The summed E-state index contributed by atoms with van der Waals surface area (Å²) in [4.78, 5) is 23.8. The van der Waals surface area contributed by atoms with Crippen LogP contribution in [0, 0.1) is 11.7 Å². The van der Waals surface area contributed by atoms with Crippen LogP contribution in [-0.4, -0.2) is 34.1 Å². The van der Waals surface area contributed by atoms with Crippen LogP contribution in [-0.2, 0) is 16.0 Å². The molecule has 2 fully saturated rings. The maximum atomic E-state index is 14.0. The number of hydrazine groups is 1. The zero-order chi connectivity index (χ0) is 18.4. The SMILES string of the molecule is O=C(O)CCC(=O)N(C1CC1)N1c2cc(Cl)c(F)cc2CC2CCCC21. The summed E-state index contributed by atoms with van der Waals surface area (Å²) in [5.74, 6) is -1.19. The van der Waals surface area contributed by atoms with Gasteiger partial charge in [-0.3, -0.25) is 19.6 Å². The Morgan fingerprint density at radius 1 is 1.23 bits per heavy atom. The summed E-state index contributed by atoms with van der Waals surface area (Å²) >= 11 is 6.05. The molecule has 0 aromatic heterocycles. The van der Waals surface area contributed by atoms with Gasteiger partial charge in [-0.2, -0.15) is 0 Å². The van der Waals surface area contributed by atoms with Crippen molar-refractivity contribution in [2.24, 2.45) is 5.92 Å². The Balaban J connectivity index is 1.73. The molecular weight excluding hydrogens is 359 g/mol. The lowest BCUT2D eigenvalue weighted by Crippen LogP contribution is -2.56. The van der Waals surface area contributed by atoms with Crippen molar-refractivity contribution in [3.63, 3.8) is 0 Å². The fourth-order valence-electron chi connectivity index (χ4n) is 4.42. The molecule has 0 spiro atoms. The van der Waals surface area contributed by atoms with Crippen LogP contribution in [0.25, 0.3) is 0 Å². The molecule has 0 bridgehead atoms. The first-order valence-corrected chi connectivity index (χ1v) is 9.64. The summed E-state index contributed by atoms with van der Waals surface area (Å²) in [7, 11) is 0. The highest BCUT2D eigenvalue weighted by Gasteiger charge is 2.46. The van der Waals surface area contributed by atoms with Gasteiger partial charge in [0.25, 0.3) is 0 Å². The first-order valence-electron chi connectivity index (χ1n) is 9.26. The lowest BCUT2D eigenvalue weighted by molar-refractivity contribution is -0.141. The van der Waals surface area contributed by atoms with Gasteiger partial charge in [-0.15, -0.1) is 0 Å². The van der Waals surface area contributed by atoms with Crippen molar-refractivity contribution in [1.82, 2.24) is 5.01 Å². The van der Waals surface area contributed by atoms with E-state index in [1.54, 1.807) is 11.1 Å². The normalized spacial score (nSPS) is 24.2. The van der Waals surface area contributed by atoms with Crippen LogP contribution in [0.15, 0.2) is 12.1 Å². The molecule has 1 N–H and O–H groups in total. The Hall–Kier alpha value is -1.82. The average molecular weight is 381 g/mol. The molecule has 0 radical (unpaired) electrons. The van der Waals surface area contributed by atoms with Crippen molar-refractivity contribution in [3.05, 3.63) is 28.5 Å². The lowest BCUT2D eigenvalue weighted by Gasteiger charge is -2.47. The molecule has 5 nitrogen and oxygen atoms in total. The van der Waals surface area contributed by atoms with Crippen LogP contribution in [0.3, 0.4) is 0 Å². The third-order valence-electron chi connectivity index (χ3n) is 5.72. The number of anilines is 1. The van der Waals surface area contributed by atoms with Crippen LogP contribution in [0.1, 0.15) is 50.5 Å². The van der Waals surface area contributed by atoms with E-state index in [0.29, 0.717) is 5.92 Å². The number of carboxylic acid groups (broad SMARTS) is 1. The maximum Gasteiger partial charge on any atom is 0.303 e. The van der Waals surface area contributed by atoms with Crippen molar-refractivity contribution in [3.8, 4) is 0 Å². The van der Waals surface area contributed by atoms with Crippen molar-refractivity contribution in [2.45, 2.75) is 63.5 Å². The second-order valence-corrected chi connectivity index (χ2v) is 7.97. The fraction of sp³-hybridized carbons (Fsp3) is 0.579. The van der Waals surface area contributed by atoms with Crippen molar-refractivity contribution in [2.75, 3.05) is 5.01 Å². The first-order chi connectivity index (χ1) is 12.5. The number of hydrogen-bond donors (Lipinski definition) is 1. The number of carbonyl (C=O) groups excluding carboxylic acids is 1. The number of rotatable bonds is 5. The highest BCUT2D eigenvalue weighted by molar-refractivity contribution is 6.31. The lowest BCUT2D eigenvalue weighted by atomic mass is 9.88. The molecule has 140 valence electrons. The number of hydrogen-bond acceptors (Lipinski definition) is 3. The van der Waals surface area contributed by atoms with Crippen molar-refractivity contribution < 1.29 is 19.1 Å². The van der Waals surface area contributed by atoms with Gasteiger partial charge in [0.05, 0.1) is 29.2 Å². The zero-order valence-corrected chi connectivity index (χ0v) is 15.2. The summed E-state index contributed by atoms with van der Waals surface area (Å²) in [5.41, 5.74) is 1.68. The first kappa shape index (κ1) is 17.6. The molecule has 2 atom stereocenters. The van der Waals surface area contributed by atoms with Gasteiger partial charge in [0.2, 0.25) is 5.91 Å². The predicted molar refractivity (Wildman–Crippen MR) is 95.5 cm³/mol. The topological polar surface area (TPSA) is 60.9 Å². The van der Waals surface area contributed by atoms with Gasteiger partial charge in [0.15, 0.2) is 0 Å². The number of amides is 1. The van der Waals surface area contributed by atoms with E-state index in [0.717, 1.165) is 49.8 Å². The standard InChI is InChI=1S/C19H22ClFN2O3/c20-14-10-17-12(9-15(14)21)8-11-2-1-3-16(11)23(17)22(13-4-5-13)18(24)6-7-19(25)26/h9-11,13,16H,1-8H2,(H,25,26). The highest BCUT2D eigenvalue weighted by atomic mass is 35.5. The molecule has 1 amide bonds. The van der Waals surface area contributed by atoms with Crippen LogP contribution in [0.4, 0.5) is 10.1 Å². The molecule has 2 saturated carbocycles. The number of fused-ring (bicyclic) bond motifs is 2. The van der Waals surface area contributed by atoms with Crippen LogP contribution >= 0.6 is 11.6 Å². The van der Waals surface area contributed by atoms with E-state index < -0.39 is 11.8 Å². The predicted octanol–water partition coefficient (Wildman–Crippen LogP) is 3.78. The Morgan fingerprint density at radius 2 is 2.00 bits per heavy atom. The van der Waals surface area contributed by atoms with Crippen LogP contribution in [0.5, 0.6) is 0 Å². The second-order valence-electron chi connectivity index (χ2n) is 7.57. The molecule has 0 saturated heterocycles. The molecule has 2 unspecified atom stereocenters. The van der Waals surface area contributed by atoms with Gasteiger partial charge in [0.1, 0.15) is 5.82 Å². The third-order valence-corrected chi connectivity index (χ3v) is 6.01. The van der Waals surface area contributed by atoms with Gasteiger partial charge in [0, 0.05) is 6.42 Å². The summed E-state index contributed by atoms with van der Waals surface area (Å²) in [5, 5.41) is 12.8. The molecule has 2 aliphatic carbocycles. The third kappa shape index (κ3) is 3.15. The van der Waals surface area contributed by atoms with Crippen molar-refractivity contribution >= 4 is 29.2 Å². The number of nitrogens with zero attached hydrogens (tertiary/aromatic N) is 2. The minimum Gasteiger partial charge on any atom is -0.481 e. The van der Waals surface area contributed by atoms with E-state index in [1.165, 1.54) is 6.07 Å². The van der Waals surface area contributed by atoms with Crippen molar-refractivity contribution in [1.29, 1.82) is 0 Å². The van der Waals surface area contributed by atoms with Crippen LogP contribution < -0.4 is 5.01 Å². The largest absolute Gasteiger partial charge is 0.481 e. The van der Waals surface area contributed by atoms with E-state index in [-0.39, 0.29) is 35.9 Å². The molecule has 1 aliphatic heterocycles.